The molecule has 1 fully saturated rings. The number of fused-ring (bicyclic) bond motifs is 2. The smallest absolute Gasteiger partial charge is 0.170 e. The van der Waals surface area contributed by atoms with Gasteiger partial charge in [0.05, 0.1) is 17.5 Å². The number of rotatable bonds is 4. The predicted octanol–water partition coefficient (Wildman–Crippen LogP) is 8.05. The maximum atomic E-state index is 6.30. The third-order valence-corrected chi connectivity index (χ3v) is 8.54. The molecule has 174 valence electrons. The van der Waals surface area contributed by atoms with Crippen molar-refractivity contribution in [3.63, 3.8) is 0 Å². The SMILES string of the molecule is Clc1ccc(C2N3Cc4sc(-c5ccccc5)nc4N=C3C2(c2ccccc2)c2ccccc2)cc1. The molecule has 4 aromatic carbocycles. The Labute approximate surface area is 219 Å². The lowest BCUT2D eigenvalue weighted by Gasteiger charge is -2.60. The Morgan fingerprint density at radius 3 is 1.94 bits per heavy atom. The number of nitrogens with zero attached hydrogens (tertiary/aromatic N) is 3. The van der Waals surface area contributed by atoms with Gasteiger partial charge in [-0.3, -0.25) is 0 Å². The van der Waals surface area contributed by atoms with Gasteiger partial charge < -0.3 is 4.90 Å². The highest BCUT2D eigenvalue weighted by atomic mass is 35.5. The lowest BCUT2D eigenvalue weighted by Crippen LogP contribution is -2.66. The summed E-state index contributed by atoms with van der Waals surface area (Å²) >= 11 is 8.04. The zero-order valence-corrected chi connectivity index (χ0v) is 21.0. The Morgan fingerprint density at radius 1 is 0.750 bits per heavy atom. The number of aromatic nitrogens is 1. The maximum Gasteiger partial charge on any atom is 0.170 e. The molecule has 2 aliphatic rings. The van der Waals surface area contributed by atoms with Gasteiger partial charge in [0, 0.05) is 10.6 Å². The Bertz CT molecular complexity index is 1520. The van der Waals surface area contributed by atoms with Gasteiger partial charge in [-0.1, -0.05) is 115 Å². The zero-order valence-electron chi connectivity index (χ0n) is 19.4. The molecule has 0 amide bonds. The van der Waals surface area contributed by atoms with Crippen LogP contribution in [0, 0.1) is 0 Å². The Balaban J connectivity index is 1.46. The average molecular weight is 504 g/mol. The Morgan fingerprint density at radius 2 is 1.33 bits per heavy atom. The van der Waals surface area contributed by atoms with E-state index < -0.39 is 5.41 Å². The molecule has 3 nitrogen and oxygen atoms in total. The van der Waals surface area contributed by atoms with Crippen molar-refractivity contribution in [1.82, 2.24) is 9.88 Å². The van der Waals surface area contributed by atoms with Crippen LogP contribution in [0.5, 0.6) is 0 Å². The van der Waals surface area contributed by atoms with Crippen LogP contribution in [0.4, 0.5) is 5.82 Å². The first-order chi connectivity index (χ1) is 17.7. The number of hydrogen-bond donors (Lipinski definition) is 0. The molecule has 1 atom stereocenters. The summed E-state index contributed by atoms with van der Waals surface area (Å²) in [6.45, 7) is 0.785. The summed E-state index contributed by atoms with van der Waals surface area (Å²) in [6, 6.07) is 40.2. The van der Waals surface area contributed by atoms with E-state index in [-0.39, 0.29) is 6.04 Å². The minimum atomic E-state index is -0.426. The van der Waals surface area contributed by atoms with Gasteiger partial charge in [0.1, 0.15) is 16.3 Å². The molecule has 1 unspecified atom stereocenters. The van der Waals surface area contributed by atoms with Gasteiger partial charge in [0.15, 0.2) is 5.82 Å². The third-order valence-electron chi connectivity index (χ3n) is 7.21. The predicted molar refractivity (Wildman–Crippen MR) is 148 cm³/mol. The number of halogens is 1. The Hall–Kier alpha value is -3.73. The lowest BCUT2D eigenvalue weighted by molar-refractivity contribution is 0.159. The fourth-order valence-electron chi connectivity index (χ4n) is 5.67. The molecule has 1 saturated heterocycles. The first-order valence-electron chi connectivity index (χ1n) is 12.0. The van der Waals surface area contributed by atoms with Gasteiger partial charge in [-0.25, -0.2) is 9.98 Å². The molecule has 0 spiro atoms. The van der Waals surface area contributed by atoms with E-state index >= 15 is 0 Å². The molecule has 0 saturated carbocycles. The van der Waals surface area contributed by atoms with E-state index in [1.54, 1.807) is 11.3 Å². The summed E-state index contributed by atoms with van der Waals surface area (Å²) in [5.74, 6) is 1.90. The van der Waals surface area contributed by atoms with E-state index in [0.29, 0.717) is 0 Å². The van der Waals surface area contributed by atoms with E-state index in [1.165, 1.54) is 21.6 Å². The van der Waals surface area contributed by atoms with Crippen molar-refractivity contribution >= 4 is 34.6 Å². The van der Waals surface area contributed by atoms with Crippen molar-refractivity contribution in [2.75, 3.05) is 0 Å². The van der Waals surface area contributed by atoms with Crippen molar-refractivity contribution in [3.05, 3.63) is 142 Å². The summed E-state index contributed by atoms with van der Waals surface area (Å²) < 4.78 is 0. The number of hydrogen-bond acceptors (Lipinski definition) is 4. The second kappa shape index (κ2) is 8.44. The van der Waals surface area contributed by atoms with E-state index in [0.717, 1.165) is 33.8 Å². The number of thiazole rings is 1. The van der Waals surface area contributed by atoms with Crippen LogP contribution in [0.2, 0.25) is 5.02 Å². The highest BCUT2D eigenvalue weighted by Crippen LogP contribution is 2.59. The normalized spacial score (nSPS) is 17.5. The monoisotopic (exact) mass is 503 g/mol. The number of aliphatic imine (C=N–C) groups is 1. The molecule has 0 bridgehead atoms. The first kappa shape index (κ1) is 21.5. The van der Waals surface area contributed by atoms with Crippen molar-refractivity contribution in [2.45, 2.75) is 18.0 Å². The second-order valence-corrected chi connectivity index (χ2v) is 10.7. The summed E-state index contributed by atoms with van der Waals surface area (Å²) in [6.07, 6.45) is 0. The fraction of sp³-hybridized carbons (Fsp3) is 0.0968. The van der Waals surface area contributed by atoms with Crippen LogP contribution in [-0.4, -0.2) is 15.7 Å². The molecule has 1 aromatic heterocycles. The molecule has 3 heterocycles. The highest BCUT2D eigenvalue weighted by Gasteiger charge is 2.62. The molecule has 0 N–H and O–H groups in total. The molecule has 5 heteroatoms. The Kier molecular flexibility index (Phi) is 5.05. The first-order valence-corrected chi connectivity index (χ1v) is 13.2. The van der Waals surface area contributed by atoms with Gasteiger partial charge in [-0.15, -0.1) is 11.3 Å². The van der Waals surface area contributed by atoms with Crippen LogP contribution >= 0.6 is 22.9 Å². The van der Waals surface area contributed by atoms with E-state index in [9.17, 15) is 0 Å². The molecule has 5 aromatic rings. The van der Waals surface area contributed by atoms with E-state index in [4.69, 9.17) is 21.6 Å². The van der Waals surface area contributed by atoms with Crippen LogP contribution in [0.25, 0.3) is 10.6 Å². The summed E-state index contributed by atoms with van der Waals surface area (Å²) in [5, 5.41) is 1.76. The zero-order chi connectivity index (χ0) is 24.1. The van der Waals surface area contributed by atoms with Crippen LogP contribution in [0.3, 0.4) is 0 Å². The second-order valence-electron chi connectivity index (χ2n) is 9.19. The molecular formula is C31H22ClN3S. The molecule has 36 heavy (non-hydrogen) atoms. The van der Waals surface area contributed by atoms with Gasteiger partial charge >= 0.3 is 0 Å². The number of amidine groups is 1. The standard InChI is InChI=1S/C31H22ClN3S/c32-25-18-16-21(17-19-25)27-31(23-12-6-2-7-13-23,24-14-8-3-9-15-24)30-34-28-26(20-35(27)30)36-29(33-28)22-10-4-1-5-11-22/h1-19,27H,20H2. The molecule has 0 aliphatic carbocycles. The van der Waals surface area contributed by atoms with Gasteiger partial charge in [-0.2, -0.15) is 0 Å². The minimum Gasteiger partial charge on any atom is -0.345 e. The van der Waals surface area contributed by atoms with Crippen molar-refractivity contribution in [3.8, 4) is 10.6 Å². The maximum absolute atomic E-state index is 6.30. The average Bonchev–Trinajstić information content (AvgIpc) is 3.36. The molecule has 0 radical (unpaired) electrons. The summed E-state index contributed by atoms with van der Waals surface area (Å²) in [4.78, 5) is 13.9. The number of benzene rings is 4. The van der Waals surface area contributed by atoms with E-state index in [1.807, 2.05) is 18.2 Å². The van der Waals surface area contributed by atoms with Crippen LogP contribution in [0.1, 0.15) is 27.6 Å². The summed E-state index contributed by atoms with van der Waals surface area (Å²) in [7, 11) is 0. The van der Waals surface area contributed by atoms with Gasteiger partial charge in [0.2, 0.25) is 0 Å². The molecular weight excluding hydrogens is 482 g/mol. The lowest BCUT2D eigenvalue weighted by atomic mass is 9.59. The van der Waals surface area contributed by atoms with Crippen molar-refractivity contribution in [1.29, 1.82) is 0 Å². The van der Waals surface area contributed by atoms with E-state index in [2.05, 4.69) is 102 Å². The van der Waals surface area contributed by atoms with Gasteiger partial charge in [-0.05, 0) is 28.8 Å². The van der Waals surface area contributed by atoms with Crippen molar-refractivity contribution in [2.24, 2.45) is 4.99 Å². The molecule has 2 aliphatic heterocycles. The van der Waals surface area contributed by atoms with Crippen LogP contribution < -0.4 is 0 Å². The third kappa shape index (κ3) is 3.18. The van der Waals surface area contributed by atoms with Crippen molar-refractivity contribution < 1.29 is 0 Å². The van der Waals surface area contributed by atoms with Crippen LogP contribution in [0.15, 0.2) is 120 Å². The van der Waals surface area contributed by atoms with Gasteiger partial charge in [0.25, 0.3) is 0 Å². The fourth-order valence-corrected chi connectivity index (χ4v) is 6.80. The molecule has 7 rings (SSSR count). The summed E-state index contributed by atoms with van der Waals surface area (Å²) in [5.41, 5.74) is 4.39. The quantitative estimate of drug-likeness (QED) is 0.248. The topological polar surface area (TPSA) is 28.5 Å². The largest absolute Gasteiger partial charge is 0.345 e. The van der Waals surface area contributed by atoms with Crippen LogP contribution in [-0.2, 0) is 12.0 Å². The minimum absolute atomic E-state index is 0.0775. The highest BCUT2D eigenvalue weighted by molar-refractivity contribution is 7.15.